The molecule has 0 saturated carbocycles. The van der Waals surface area contributed by atoms with Gasteiger partial charge in [-0.2, -0.15) is 0 Å². The van der Waals surface area contributed by atoms with Crippen LogP contribution in [0.5, 0.6) is 0 Å². The van der Waals surface area contributed by atoms with Gasteiger partial charge < -0.3 is 4.66 Å². The maximum atomic E-state index is 7.90. The predicted molar refractivity (Wildman–Crippen MR) is 29.3 cm³/mol. The molecule has 5 heteroatoms. The third-order valence-corrected chi connectivity index (χ3v) is 0.274. The Kier molecular flexibility index (Phi) is 16.9. The van der Waals surface area contributed by atoms with Gasteiger partial charge in [0.25, 0.3) is 0 Å². The number of hydrogen-bond acceptors (Lipinski definition) is 3. The topological polar surface area (TPSA) is 52.5 Å². The first-order valence-corrected chi connectivity index (χ1v) is 2.35. The van der Waals surface area contributed by atoms with E-state index in [9.17, 15) is 0 Å². The van der Waals surface area contributed by atoms with Crippen molar-refractivity contribution in [2.75, 3.05) is 0 Å². The Labute approximate surface area is 82.4 Å². The first-order chi connectivity index (χ1) is 3.56. The van der Waals surface area contributed by atoms with Gasteiger partial charge in [-0.3, -0.25) is 5.26 Å². The molecule has 0 rings (SSSR count). The summed E-state index contributed by atoms with van der Waals surface area (Å²) in [7, 11) is 0. The smallest absolute Gasteiger partial charge is 0.769 e. The third-order valence-electron chi connectivity index (χ3n) is 0.274. The summed E-state index contributed by atoms with van der Waals surface area (Å²) in [5.74, 6) is 0. The second kappa shape index (κ2) is 9.17. The van der Waals surface area contributed by atoms with Crippen LogP contribution in [-0.4, -0.2) is 10.9 Å². The van der Waals surface area contributed by atoms with Gasteiger partial charge in [-0.15, -0.1) is 0 Å². The average Bonchev–Trinajstić information content (AvgIpc) is 1.71. The Balaban J connectivity index is -0.000000109. The molecule has 0 heterocycles. The Morgan fingerprint density at radius 1 is 1.33 bits per heavy atom. The molecule has 0 saturated heterocycles. The summed E-state index contributed by atoms with van der Waals surface area (Å²) in [6.07, 6.45) is 0. The Hall–Kier alpha value is 1.17. The number of rotatable bonds is 0. The molecule has 0 aliphatic carbocycles. The standard InChI is InChI=1S/C4H10O2.ClO.Na/c1-4(2,3)6-5;1-2;/h5H,1-3H3;;/q;-1;+1. The van der Waals surface area contributed by atoms with E-state index >= 15 is 0 Å². The molecule has 0 spiro atoms. The minimum Gasteiger partial charge on any atom is -0.769 e. The van der Waals surface area contributed by atoms with Crippen molar-refractivity contribution in [2.45, 2.75) is 26.4 Å². The van der Waals surface area contributed by atoms with Crippen LogP contribution in [0.3, 0.4) is 0 Å². The number of hydrogen-bond donors (Lipinski definition) is 1. The zero-order valence-corrected chi connectivity index (χ0v) is 8.90. The van der Waals surface area contributed by atoms with E-state index in [0.717, 1.165) is 0 Å². The maximum absolute atomic E-state index is 7.90. The third kappa shape index (κ3) is 27.1. The van der Waals surface area contributed by atoms with Crippen molar-refractivity contribution in [3.8, 4) is 0 Å². The molecule has 0 bridgehead atoms. The van der Waals surface area contributed by atoms with Crippen molar-refractivity contribution < 1.29 is 44.4 Å². The zero-order chi connectivity index (χ0) is 7.21. The molecule has 0 aliphatic rings. The molecule has 0 unspecified atom stereocenters. The molecule has 0 aromatic heterocycles. The molecule has 0 fully saturated rings. The van der Waals surface area contributed by atoms with E-state index in [0.29, 0.717) is 0 Å². The fourth-order valence-corrected chi connectivity index (χ4v) is 0. The van der Waals surface area contributed by atoms with Gasteiger partial charge in [0.1, 0.15) is 0 Å². The molecular formula is C4H10ClNaO3. The van der Waals surface area contributed by atoms with Crippen molar-refractivity contribution in [3.05, 3.63) is 0 Å². The average molecular weight is 165 g/mol. The Morgan fingerprint density at radius 3 is 1.44 bits per heavy atom. The summed E-state index contributed by atoms with van der Waals surface area (Å²) >= 11 is 3.39. The quantitative estimate of drug-likeness (QED) is 0.251. The first kappa shape index (κ1) is 16.6. The van der Waals surface area contributed by atoms with Crippen molar-refractivity contribution in [1.29, 1.82) is 0 Å². The normalized spacial score (nSPS) is 8.67. The van der Waals surface area contributed by atoms with Crippen LogP contribution < -0.4 is 34.2 Å². The zero-order valence-electron chi connectivity index (χ0n) is 6.14. The molecule has 0 aromatic rings. The van der Waals surface area contributed by atoms with Crippen molar-refractivity contribution in [1.82, 2.24) is 0 Å². The van der Waals surface area contributed by atoms with E-state index < -0.39 is 5.60 Å². The van der Waals surface area contributed by atoms with Gasteiger partial charge in [0.15, 0.2) is 0 Å². The van der Waals surface area contributed by atoms with Crippen molar-refractivity contribution >= 4 is 11.9 Å². The van der Waals surface area contributed by atoms with Gasteiger partial charge >= 0.3 is 29.6 Å². The van der Waals surface area contributed by atoms with Gasteiger partial charge in [-0.05, 0) is 20.8 Å². The van der Waals surface area contributed by atoms with E-state index in [1.807, 2.05) is 0 Å². The van der Waals surface area contributed by atoms with Crippen LogP contribution >= 0.6 is 11.9 Å². The van der Waals surface area contributed by atoms with E-state index in [2.05, 4.69) is 16.8 Å². The van der Waals surface area contributed by atoms with E-state index in [1.165, 1.54) is 0 Å². The molecule has 0 amide bonds. The second-order valence-electron chi connectivity index (χ2n) is 2.20. The molecule has 9 heavy (non-hydrogen) atoms. The molecule has 0 aromatic carbocycles. The molecule has 3 nitrogen and oxygen atoms in total. The summed E-state index contributed by atoms with van der Waals surface area (Å²) in [5.41, 5.74) is -0.403. The van der Waals surface area contributed by atoms with Crippen LogP contribution in [0.25, 0.3) is 0 Å². The minimum absolute atomic E-state index is 0. The van der Waals surface area contributed by atoms with E-state index in [1.54, 1.807) is 20.8 Å². The fraction of sp³-hybridized carbons (Fsp3) is 1.00. The van der Waals surface area contributed by atoms with Crippen LogP contribution in [0.1, 0.15) is 20.8 Å². The van der Waals surface area contributed by atoms with Crippen LogP contribution in [-0.2, 0) is 4.89 Å². The molecular weight excluding hydrogens is 154 g/mol. The molecule has 52 valence electrons. The summed E-state index contributed by atoms with van der Waals surface area (Å²) in [6, 6.07) is 0. The molecule has 1 N–H and O–H groups in total. The molecule has 0 atom stereocenters. The van der Waals surface area contributed by atoms with Gasteiger partial charge in [0.2, 0.25) is 0 Å². The largest absolute Gasteiger partial charge is 1.00 e. The minimum atomic E-state index is -0.403. The summed E-state index contributed by atoms with van der Waals surface area (Å²) in [6.45, 7) is 5.31. The van der Waals surface area contributed by atoms with Gasteiger partial charge in [0.05, 0.1) is 5.60 Å². The van der Waals surface area contributed by atoms with E-state index in [4.69, 9.17) is 9.92 Å². The monoisotopic (exact) mass is 164 g/mol. The SMILES string of the molecule is CC(C)(C)OO.[Na+].[O-]Cl. The van der Waals surface area contributed by atoms with Gasteiger partial charge in [-0.25, -0.2) is 16.8 Å². The van der Waals surface area contributed by atoms with Gasteiger partial charge in [0, 0.05) is 0 Å². The van der Waals surface area contributed by atoms with Crippen molar-refractivity contribution in [3.63, 3.8) is 0 Å². The van der Waals surface area contributed by atoms with E-state index in [-0.39, 0.29) is 29.6 Å². The summed E-state index contributed by atoms with van der Waals surface area (Å²) < 4.78 is 7.72. The molecule has 0 radical (unpaired) electrons. The molecule has 0 aliphatic heterocycles. The van der Waals surface area contributed by atoms with Crippen molar-refractivity contribution in [2.24, 2.45) is 0 Å². The van der Waals surface area contributed by atoms with Crippen LogP contribution in [0.4, 0.5) is 0 Å². The first-order valence-electron chi connectivity index (χ1n) is 2.04. The summed E-state index contributed by atoms with van der Waals surface area (Å²) in [4.78, 5) is 3.94. The Bertz CT molecular complexity index is 45.6. The van der Waals surface area contributed by atoms with Gasteiger partial charge in [-0.1, -0.05) is 0 Å². The summed E-state index contributed by atoms with van der Waals surface area (Å²) in [5, 5.41) is 7.90. The van der Waals surface area contributed by atoms with Crippen LogP contribution in [0.2, 0.25) is 0 Å². The predicted octanol–water partition coefficient (Wildman–Crippen LogP) is -2.22. The Morgan fingerprint density at radius 2 is 1.44 bits per heavy atom. The fourth-order valence-electron chi connectivity index (χ4n) is 0. The second-order valence-corrected chi connectivity index (χ2v) is 2.20. The maximum Gasteiger partial charge on any atom is 1.00 e. The van der Waals surface area contributed by atoms with Crippen LogP contribution in [0.15, 0.2) is 0 Å². The van der Waals surface area contributed by atoms with Crippen LogP contribution in [0, 0.1) is 0 Å². The number of halogens is 1.